The number of nitro benzene ring substituents is 1. The van der Waals surface area contributed by atoms with Gasteiger partial charge in [-0.15, -0.1) is 0 Å². The molecule has 10 heteroatoms. The van der Waals surface area contributed by atoms with Crippen molar-refractivity contribution in [3.05, 3.63) is 87.6 Å². The Kier molecular flexibility index (Phi) is 6.64. The zero-order valence-electron chi connectivity index (χ0n) is 20.5. The van der Waals surface area contributed by atoms with Crippen molar-refractivity contribution in [2.24, 2.45) is 0 Å². The van der Waals surface area contributed by atoms with E-state index >= 15 is 0 Å². The average molecular weight is 493 g/mol. The largest absolute Gasteiger partial charge is 0.444 e. The highest BCUT2D eigenvalue weighted by molar-refractivity contribution is 6.03. The van der Waals surface area contributed by atoms with Gasteiger partial charge in [-0.3, -0.25) is 19.7 Å². The van der Waals surface area contributed by atoms with Crippen LogP contribution < -0.4 is 5.32 Å². The number of ether oxygens (including phenoxy) is 1. The number of benzene rings is 2. The molecule has 1 fully saturated rings. The first-order valence-corrected chi connectivity index (χ1v) is 11.6. The highest BCUT2D eigenvalue weighted by atomic mass is 16.6. The lowest BCUT2D eigenvalue weighted by Crippen LogP contribution is -2.43. The van der Waals surface area contributed by atoms with Crippen molar-refractivity contribution in [2.75, 3.05) is 0 Å². The lowest BCUT2D eigenvalue weighted by Gasteiger charge is -2.32. The maximum Gasteiger partial charge on any atom is 0.408 e. The van der Waals surface area contributed by atoms with Crippen LogP contribution in [0.5, 0.6) is 0 Å². The Hall–Kier alpha value is -4.05. The predicted molar refractivity (Wildman–Crippen MR) is 130 cm³/mol. The van der Waals surface area contributed by atoms with Crippen LogP contribution in [0.3, 0.4) is 0 Å². The number of ketones is 1. The second kappa shape index (κ2) is 9.54. The van der Waals surface area contributed by atoms with Crippen LogP contribution in [0.1, 0.15) is 57.3 Å². The fourth-order valence-corrected chi connectivity index (χ4v) is 4.47. The molecule has 2 amide bonds. The van der Waals surface area contributed by atoms with E-state index in [1.54, 1.807) is 39.8 Å². The summed E-state index contributed by atoms with van der Waals surface area (Å²) in [5, 5.41) is 17.0. The molecule has 0 radical (unpaired) electrons. The van der Waals surface area contributed by atoms with Gasteiger partial charge in [0, 0.05) is 23.9 Å². The molecule has 2 aliphatic heterocycles. The lowest BCUT2D eigenvalue weighted by molar-refractivity contribution is -0.384. The quantitative estimate of drug-likeness (QED) is 0.473. The number of hydrogen-bond donors (Lipinski definition) is 1. The maximum atomic E-state index is 13.6. The molecule has 1 saturated heterocycles. The van der Waals surface area contributed by atoms with E-state index in [9.17, 15) is 24.5 Å². The van der Waals surface area contributed by atoms with Gasteiger partial charge in [0.25, 0.3) is 5.69 Å². The number of hydrazine groups is 1. The molecule has 3 atom stereocenters. The van der Waals surface area contributed by atoms with Crippen molar-refractivity contribution < 1.29 is 24.0 Å². The molecule has 2 aromatic rings. The van der Waals surface area contributed by atoms with E-state index in [2.05, 4.69) is 5.32 Å². The van der Waals surface area contributed by atoms with Gasteiger partial charge in [-0.25, -0.2) is 9.80 Å². The number of non-ortho nitro benzene ring substituents is 1. The van der Waals surface area contributed by atoms with E-state index in [1.165, 1.54) is 23.3 Å². The molecule has 4 rings (SSSR count). The molecule has 0 aliphatic carbocycles. The van der Waals surface area contributed by atoms with Gasteiger partial charge in [-0.2, -0.15) is 5.01 Å². The first-order chi connectivity index (χ1) is 17.0. The predicted octanol–water partition coefficient (Wildman–Crippen LogP) is 4.21. The van der Waals surface area contributed by atoms with Crippen LogP contribution in [-0.4, -0.2) is 44.4 Å². The number of carbonyl (C=O) groups is 3. The standard InChI is InChI=1S/C26H28N4O6/c1-16(27-25(33)36-26(2,3)4)24(32)20-15-28-22(31)14-21(17-8-6-5-7-9-17)29(28)23(20)18-10-12-19(13-11-18)30(34)35/h5-13,15-16,21,23H,14H2,1-4H3,(H,27,33)/t16-,21+,23+/m0/s1. The van der Waals surface area contributed by atoms with Gasteiger partial charge >= 0.3 is 6.09 Å². The van der Waals surface area contributed by atoms with E-state index in [-0.39, 0.29) is 24.1 Å². The Labute approximate surface area is 208 Å². The van der Waals surface area contributed by atoms with Crippen LogP contribution in [0.2, 0.25) is 0 Å². The van der Waals surface area contributed by atoms with Crippen LogP contribution in [0, 0.1) is 10.1 Å². The van der Waals surface area contributed by atoms with Gasteiger partial charge in [0.2, 0.25) is 5.91 Å². The monoisotopic (exact) mass is 492 g/mol. The molecule has 36 heavy (non-hydrogen) atoms. The molecular formula is C26H28N4O6. The van der Waals surface area contributed by atoms with Crippen LogP contribution in [0.25, 0.3) is 0 Å². The van der Waals surface area contributed by atoms with E-state index in [0.29, 0.717) is 11.1 Å². The zero-order chi connectivity index (χ0) is 26.2. The molecule has 10 nitrogen and oxygen atoms in total. The molecule has 0 bridgehead atoms. The van der Waals surface area contributed by atoms with E-state index in [1.807, 2.05) is 35.3 Å². The normalized spacial score (nSPS) is 20.5. The van der Waals surface area contributed by atoms with Gasteiger partial charge in [0.05, 0.1) is 29.5 Å². The fraction of sp³-hybridized carbons (Fsp3) is 0.346. The summed E-state index contributed by atoms with van der Waals surface area (Å²) in [7, 11) is 0. The molecule has 188 valence electrons. The SMILES string of the molecule is C[C@H](NC(=O)OC(C)(C)C)C(=O)C1=CN2C(=O)C[C@H](c3ccccc3)N2[C@@H]1c1ccc([N+](=O)[O-])cc1. The summed E-state index contributed by atoms with van der Waals surface area (Å²) in [6, 6.07) is 13.4. The molecule has 0 spiro atoms. The van der Waals surface area contributed by atoms with Gasteiger partial charge in [-0.1, -0.05) is 42.5 Å². The minimum Gasteiger partial charge on any atom is -0.444 e. The van der Waals surface area contributed by atoms with Gasteiger partial charge < -0.3 is 10.1 Å². The number of rotatable bonds is 6. The summed E-state index contributed by atoms with van der Waals surface area (Å²) in [5.41, 5.74) is 0.999. The minimum atomic E-state index is -0.932. The Morgan fingerprint density at radius 1 is 1.08 bits per heavy atom. The zero-order valence-corrected chi connectivity index (χ0v) is 20.5. The van der Waals surface area contributed by atoms with Gasteiger partial charge in [0.15, 0.2) is 5.78 Å². The Bertz CT molecular complexity index is 1220. The van der Waals surface area contributed by atoms with Gasteiger partial charge in [0.1, 0.15) is 5.60 Å². The molecule has 2 aliphatic rings. The Morgan fingerprint density at radius 2 is 1.72 bits per heavy atom. The third-order valence-electron chi connectivity index (χ3n) is 6.03. The fourth-order valence-electron chi connectivity index (χ4n) is 4.47. The first kappa shape index (κ1) is 25.1. The van der Waals surface area contributed by atoms with Crippen LogP contribution in [-0.2, 0) is 14.3 Å². The molecule has 2 aromatic carbocycles. The number of hydrogen-bond acceptors (Lipinski definition) is 7. The smallest absolute Gasteiger partial charge is 0.408 e. The summed E-state index contributed by atoms with van der Waals surface area (Å²) < 4.78 is 5.27. The second-order valence-electron chi connectivity index (χ2n) is 9.82. The number of carbonyl (C=O) groups excluding carboxylic acids is 3. The molecular weight excluding hydrogens is 464 g/mol. The number of nitrogens with zero attached hydrogens (tertiary/aromatic N) is 3. The lowest BCUT2D eigenvalue weighted by atomic mass is 9.91. The minimum absolute atomic E-state index is 0.0810. The number of Topliss-reactive ketones (excluding diaryl/α,β-unsaturated/α-hetero) is 1. The first-order valence-electron chi connectivity index (χ1n) is 11.6. The van der Waals surface area contributed by atoms with Crippen LogP contribution in [0.4, 0.5) is 10.5 Å². The highest BCUT2D eigenvalue weighted by Crippen LogP contribution is 2.48. The van der Waals surface area contributed by atoms with Crippen molar-refractivity contribution in [2.45, 2.75) is 57.8 Å². The Balaban J connectivity index is 1.70. The highest BCUT2D eigenvalue weighted by Gasteiger charge is 2.49. The molecule has 0 aromatic heterocycles. The van der Waals surface area contributed by atoms with Gasteiger partial charge in [-0.05, 0) is 38.8 Å². The molecule has 0 unspecified atom stereocenters. The van der Waals surface area contributed by atoms with E-state index in [4.69, 9.17) is 4.74 Å². The number of nitrogens with one attached hydrogen (secondary N) is 1. The molecule has 2 heterocycles. The number of nitro groups is 1. The summed E-state index contributed by atoms with van der Waals surface area (Å²) in [5.74, 6) is -0.565. The second-order valence-corrected chi connectivity index (χ2v) is 9.82. The molecule has 1 N–H and O–H groups in total. The third kappa shape index (κ3) is 4.99. The van der Waals surface area contributed by atoms with E-state index in [0.717, 1.165) is 5.56 Å². The summed E-state index contributed by atoms with van der Waals surface area (Å²) in [4.78, 5) is 49.5. The topological polar surface area (TPSA) is 122 Å². The van der Waals surface area contributed by atoms with Crippen LogP contribution >= 0.6 is 0 Å². The summed E-state index contributed by atoms with van der Waals surface area (Å²) in [6.07, 6.45) is 0.998. The van der Waals surface area contributed by atoms with Crippen molar-refractivity contribution in [1.29, 1.82) is 0 Å². The molecule has 0 saturated carbocycles. The summed E-state index contributed by atoms with van der Waals surface area (Å²) >= 11 is 0. The summed E-state index contributed by atoms with van der Waals surface area (Å²) in [6.45, 7) is 6.72. The van der Waals surface area contributed by atoms with Crippen molar-refractivity contribution in [3.63, 3.8) is 0 Å². The average Bonchev–Trinajstić information content (AvgIpc) is 3.35. The number of fused-ring (bicyclic) bond motifs is 1. The maximum absolute atomic E-state index is 13.6. The Morgan fingerprint density at radius 3 is 2.31 bits per heavy atom. The van der Waals surface area contributed by atoms with Crippen LogP contribution in [0.15, 0.2) is 66.4 Å². The number of alkyl carbamates (subject to hydrolysis) is 1. The third-order valence-corrected chi connectivity index (χ3v) is 6.03. The van der Waals surface area contributed by atoms with E-state index < -0.39 is 34.5 Å². The van der Waals surface area contributed by atoms with Crippen molar-refractivity contribution in [1.82, 2.24) is 15.3 Å². The number of amides is 2. The van der Waals surface area contributed by atoms with Crippen molar-refractivity contribution in [3.8, 4) is 0 Å². The van der Waals surface area contributed by atoms with Crippen molar-refractivity contribution >= 4 is 23.5 Å².